The van der Waals surface area contributed by atoms with Crippen molar-refractivity contribution < 1.29 is 14.5 Å². The van der Waals surface area contributed by atoms with Crippen LogP contribution in [0, 0.1) is 0 Å². The molecule has 0 unspecified atom stereocenters. The molecule has 6 heteroatoms. The normalized spacial score (nSPS) is 10.9. The molecule has 0 spiro atoms. The molecule has 1 aromatic heterocycles. The minimum Gasteiger partial charge on any atom is -0.481 e. The van der Waals surface area contributed by atoms with E-state index >= 15 is 0 Å². The largest absolute Gasteiger partial charge is 0.481 e. The molecule has 0 aliphatic rings. The quantitative estimate of drug-likeness (QED) is 0.742. The van der Waals surface area contributed by atoms with Gasteiger partial charge in [-0.3, -0.25) is 9.69 Å². The zero-order valence-corrected chi connectivity index (χ0v) is 8.93. The van der Waals surface area contributed by atoms with E-state index in [9.17, 15) is 4.79 Å². The first kappa shape index (κ1) is 11.6. The van der Waals surface area contributed by atoms with E-state index < -0.39 is 5.97 Å². The van der Waals surface area contributed by atoms with E-state index in [4.69, 9.17) is 5.11 Å². The Hall–Kier alpha value is -1.43. The molecule has 0 radical (unpaired) electrons. The number of nitrogens with zero attached hydrogens (tertiary/aromatic N) is 3. The predicted octanol–water partition coefficient (Wildman–Crippen LogP) is 0.538. The van der Waals surface area contributed by atoms with Crippen molar-refractivity contribution in [2.75, 3.05) is 13.1 Å². The Morgan fingerprint density at radius 2 is 1.93 bits per heavy atom. The Kier molecular flexibility index (Phi) is 4.23. The van der Waals surface area contributed by atoms with E-state index in [-0.39, 0.29) is 6.42 Å². The van der Waals surface area contributed by atoms with Gasteiger partial charge in [-0.05, 0) is 13.1 Å². The highest BCUT2D eigenvalue weighted by atomic mass is 16.6. The molecule has 0 saturated carbocycles. The molecule has 0 saturated heterocycles. The first-order chi connectivity index (χ1) is 7.17. The highest BCUT2D eigenvalue weighted by Gasteiger charge is 2.15. The van der Waals surface area contributed by atoms with E-state index in [1.54, 1.807) is 0 Å². The first-order valence-electron chi connectivity index (χ1n) is 4.91. The third-order valence-electron chi connectivity index (χ3n) is 2.22. The molecule has 1 heterocycles. The van der Waals surface area contributed by atoms with Crippen molar-refractivity contribution in [2.24, 2.45) is 0 Å². The maximum absolute atomic E-state index is 10.5. The summed E-state index contributed by atoms with van der Waals surface area (Å²) in [6.07, 6.45) is -0.139. The van der Waals surface area contributed by atoms with E-state index in [0.717, 1.165) is 13.1 Å². The number of carbonyl (C=O) groups is 1. The van der Waals surface area contributed by atoms with Gasteiger partial charge < -0.3 is 5.11 Å². The van der Waals surface area contributed by atoms with Crippen LogP contribution in [-0.2, 0) is 17.8 Å². The lowest BCUT2D eigenvalue weighted by Gasteiger charge is -2.15. The number of carboxylic acids is 1. The van der Waals surface area contributed by atoms with Crippen LogP contribution in [0.25, 0.3) is 0 Å². The van der Waals surface area contributed by atoms with Gasteiger partial charge >= 0.3 is 5.97 Å². The van der Waals surface area contributed by atoms with E-state index in [1.807, 2.05) is 13.8 Å². The third kappa shape index (κ3) is 3.32. The summed E-state index contributed by atoms with van der Waals surface area (Å²) in [5.74, 6) is -0.925. The Balaban J connectivity index is 2.67. The molecule has 1 rings (SSSR count). The van der Waals surface area contributed by atoms with Crippen molar-refractivity contribution in [2.45, 2.75) is 26.8 Å². The fourth-order valence-electron chi connectivity index (χ4n) is 1.28. The number of aromatic nitrogens is 2. The molecule has 6 nitrogen and oxygen atoms in total. The summed E-state index contributed by atoms with van der Waals surface area (Å²) in [5, 5.41) is 15.9. The Morgan fingerprint density at radius 1 is 1.33 bits per heavy atom. The zero-order chi connectivity index (χ0) is 11.3. The highest BCUT2D eigenvalue weighted by Crippen LogP contribution is 2.07. The average molecular weight is 213 g/mol. The monoisotopic (exact) mass is 213 g/mol. The van der Waals surface area contributed by atoms with Crippen LogP contribution in [0.2, 0.25) is 0 Å². The molecule has 0 aliphatic heterocycles. The summed E-state index contributed by atoms with van der Waals surface area (Å²) in [5.41, 5.74) is 1.02. The number of carboxylic acid groups (broad SMARTS) is 1. The fraction of sp³-hybridized carbons (Fsp3) is 0.667. The number of hydrogen-bond donors (Lipinski definition) is 1. The van der Waals surface area contributed by atoms with Gasteiger partial charge in [0, 0.05) is 6.54 Å². The highest BCUT2D eigenvalue weighted by molar-refractivity contribution is 5.69. The average Bonchev–Trinajstić information content (AvgIpc) is 2.61. The molecule has 1 N–H and O–H groups in total. The minimum atomic E-state index is -0.925. The zero-order valence-electron chi connectivity index (χ0n) is 8.93. The Bertz CT molecular complexity index is 320. The third-order valence-corrected chi connectivity index (χ3v) is 2.22. The topological polar surface area (TPSA) is 79.5 Å². The van der Waals surface area contributed by atoms with Crippen LogP contribution >= 0.6 is 0 Å². The minimum absolute atomic E-state index is 0.139. The predicted molar refractivity (Wildman–Crippen MR) is 52.3 cm³/mol. The van der Waals surface area contributed by atoms with Gasteiger partial charge in [-0.25, -0.2) is 4.63 Å². The van der Waals surface area contributed by atoms with Crippen LogP contribution < -0.4 is 0 Å². The van der Waals surface area contributed by atoms with Crippen molar-refractivity contribution in [3.05, 3.63) is 11.4 Å². The lowest BCUT2D eigenvalue weighted by molar-refractivity contribution is -0.136. The number of aliphatic carboxylic acids is 1. The van der Waals surface area contributed by atoms with Gasteiger partial charge in [0.2, 0.25) is 0 Å². The fourth-order valence-corrected chi connectivity index (χ4v) is 1.28. The van der Waals surface area contributed by atoms with Gasteiger partial charge in [0.15, 0.2) is 0 Å². The summed E-state index contributed by atoms with van der Waals surface area (Å²) >= 11 is 0. The van der Waals surface area contributed by atoms with Crippen molar-refractivity contribution in [3.63, 3.8) is 0 Å². The summed E-state index contributed by atoms with van der Waals surface area (Å²) < 4.78 is 4.55. The molecule has 0 amide bonds. The van der Waals surface area contributed by atoms with Gasteiger partial charge in [-0.1, -0.05) is 24.2 Å². The Morgan fingerprint density at radius 3 is 2.47 bits per heavy atom. The van der Waals surface area contributed by atoms with Crippen LogP contribution in [0.15, 0.2) is 4.63 Å². The van der Waals surface area contributed by atoms with Crippen molar-refractivity contribution in [1.29, 1.82) is 0 Å². The van der Waals surface area contributed by atoms with Crippen LogP contribution in [0.1, 0.15) is 25.2 Å². The molecule has 15 heavy (non-hydrogen) atoms. The van der Waals surface area contributed by atoms with Gasteiger partial charge in [-0.15, -0.1) is 0 Å². The first-order valence-corrected chi connectivity index (χ1v) is 4.91. The molecule has 84 valence electrons. The van der Waals surface area contributed by atoms with Crippen molar-refractivity contribution in [3.8, 4) is 0 Å². The lowest BCUT2D eigenvalue weighted by atomic mass is 10.2. The maximum atomic E-state index is 10.5. The number of hydrogen-bond acceptors (Lipinski definition) is 5. The maximum Gasteiger partial charge on any atom is 0.309 e. The van der Waals surface area contributed by atoms with Crippen LogP contribution in [0.5, 0.6) is 0 Å². The standard InChI is InChI=1S/C9H15N3O3/c1-3-12(4-2)6-8-7(5-9(13)14)10-15-11-8/h3-6H2,1-2H3,(H,13,14). The van der Waals surface area contributed by atoms with Crippen LogP contribution in [0.4, 0.5) is 0 Å². The SMILES string of the molecule is CCN(CC)Cc1nonc1CC(=O)O. The molecule has 0 aliphatic carbocycles. The van der Waals surface area contributed by atoms with Gasteiger partial charge in [0.25, 0.3) is 0 Å². The second-order valence-electron chi connectivity index (χ2n) is 3.19. The molecular formula is C9H15N3O3. The van der Waals surface area contributed by atoms with Gasteiger partial charge in [0.05, 0.1) is 6.42 Å². The molecular weight excluding hydrogens is 198 g/mol. The smallest absolute Gasteiger partial charge is 0.309 e. The molecule has 0 aromatic carbocycles. The van der Waals surface area contributed by atoms with Gasteiger partial charge in [0.1, 0.15) is 11.4 Å². The molecule has 1 aromatic rings. The number of rotatable bonds is 6. The van der Waals surface area contributed by atoms with Gasteiger partial charge in [-0.2, -0.15) is 0 Å². The van der Waals surface area contributed by atoms with E-state index in [1.165, 1.54) is 0 Å². The van der Waals surface area contributed by atoms with Crippen molar-refractivity contribution in [1.82, 2.24) is 15.2 Å². The summed E-state index contributed by atoms with van der Waals surface area (Å²) in [7, 11) is 0. The molecule has 0 bridgehead atoms. The summed E-state index contributed by atoms with van der Waals surface area (Å²) in [4.78, 5) is 12.6. The van der Waals surface area contributed by atoms with E-state index in [0.29, 0.717) is 17.9 Å². The summed E-state index contributed by atoms with van der Waals surface area (Å²) in [6.45, 7) is 6.42. The lowest BCUT2D eigenvalue weighted by Crippen LogP contribution is -2.23. The second kappa shape index (κ2) is 5.45. The Labute approximate surface area is 87.8 Å². The van der Waals surface area contributed by atoms with E-state index in [2.05, 4.69) is 19.8 Å². The molecule has 0 fully saturated rings. The summed E-state index contributed by atoms with van der Waals surface area (Å²) in [6, 6.07) is 0. The molecule has 0 atom stereocenters. The van der Waals surface area contributed by atoms with Crippen LogP contribution in [0.3, 0.4) is 0 Å². The second-order valence-corrected chi connectivity index (χ2v) is 3.19. The van der Waals surface area contributed by atoms with Crippen molar-refractivity contribution >= 4 is 5.97 Å². The van der Waals surface area contributed by atoms with Crippen LogP contribution in [-0.4, -0.2) is 39.4 Å².